The van der Waals surface area contributed by atoms with Crippen LogP contribution in [0.1, 0.15) is 78.4 Å². The lowest BCUT2D eigenvalue weighted by Gasteiger charge is -2.43. The normalized spacial score (nSPS) is 14.8. The third kappa shape index (κ3) is 9.64. The summed E-state index contributed by atoms with van der Waals surface area (Å²) >= 11 is 0.0331. The molecule has 0 fully saturated rings. The van der Waals surface area contributed by atoms with Crippen molar-refractivity contribution in [1.82, 2.24) is 0 Å². The van der Waals surface area contributed by atoms with E-state index in [1.165, 1.54) is 52.8 Å². The molecule has 0 aliphatic carbocycles. The number of halogens is 9. The van der Waals surface area contributed by atoms with Crippen LogP contribution in [0, 0.1) is 5.41 Å². The van der Waals surface area contributed by atoms with E-state index in [9.17, 15) is 49.1 Å². The van der Waals surface area contributed by atoms with Crippen LogP contribution >= 0.6 is 11.8 Å². The Morgan fingerprint density at radius 3 is 2.02 bits per heavy atom. The highest BCUT2D eigenvalue weighted by Crippen LogP contribution is 2.49. The molecular weight excluding hydrogens is 727 g/mol. The number of hydrogen-bond acceptors (Lipinski definition) is 7. The second-order valence-corrected chi connectivity index (χ2v) is 15.6. The molecule has 2 aromatic carbocycles. The largest absolute Gasteiger partial charge is 0.459 e. The molecule has 0 bridgehead atoms. The average Bonchev–Trinajstić information content (AvgIpc) is 3.00. The Morgan fingerprint density at radius 2 is 1.46 bits per heavy atom. The molecule has 1 atom stereocenters. The molecule has 0 spiro atoms. The Bertz CT molecular complexity index is 1800. The summed E-state index contributed by atoms with van der Waals surface area (Å²) in [7, 11) is 0. The highest BCUT2D eigenvalue weighted by molar-refractivity contribution is 7.99. The first-order valence-corrected chi connectivity index (χ1v) is 17.3. The number of esters is 1. The monoisotopic (exact) mass is 770 g/mol. The number of rotatable bonds is 16. The van der Waals surface area contributed by atoms with Gasteiger partial charge in [-0.2, -0.15) is 39.5 Å². The van der Waals surface area contributed by atoms with Gasteiger partial charge < -0.3 is 20.6 Å². The topological polar surface area (TPSA) is 109 Å². The fourth-order valence-electron chi connectivity index (χ4n) is 5.58. The zero-order valence-electron chi connectivity index (χ0n) is 29.6. The minimum atomic E-state index is -6.00. The fourth-order valence-corrected chi connectivity index (χ4v) is 6.46. The van der Waals surface area contributed by atoms with Gasteiger partial charge in [-0.15, -0.1) is 11.8 Å². The van der Waals surface area contributed by atoms with Gasteiger partial charge in [0.25, 0.3) is 0 Å². The summed E-state index contributed by atoms with van der Waals surface area (Å²) in [5.74, 6) is -20.2. The summed E-state index contributed by atoms with van der Waals surface area (Å²) < 4.78 is 140. The van der Waals surface area contributed by atoms with Crippen molar-refractivity contribution >= 4 is 28.7 Å². The van der Waals surface area contributed by atoms with Crippen molar-refractivity contribution in [2.45, 2.75) is 114 Å². The lowest BCUT2D eigenvalue weighted by Crippen LogP contribution is -2.60. The van der Waals surface area contributed by atoms with Crippen LogP contribution in [0.5, 0.6) is 0 Å². The molecule has 0 radical (unpaired) electrons. The van der Waals surface area contributed by atoms with Crippen molar-refractivity contribution in [1.29, 1.82) is 0 Å². The number of ether oxygens (including phenoxy) is 1. The standard InChI is InChI=1S/C36H43F9N2O4S/c1-7-8-9-10-21-11-14-24(26(15-21)35(41,42)43)25-16-22-12-13-23(17-27(22)51-28(25)48)52-20-34(39,40)36(44,45)33(37,38)19-50-29(49)32(6,31(4,5)47)18-30(2,3)46/h11-17H,7-10,18-20,46-47H2,1-6H3. The first-order valence-electron chi connectivity index (χ1n) is 16.4. The number of hydrogen-bond donors (Lipinski definition) is 2. The zero-order chi connectivity index (χ0) is 39.7. The summed E-state index contributed by atoms with van der Waals surface area (Å²) in [4.78, 5) is 25.5. The molecule has 4 N–H and O–H groups in total. The number of thioether (sulfide) groups is 1. The van der Waals surface area contributed by atoms with Gasteiger partial charge in [0.2, 0.25) is 0 Å². The first-order chi connectivity index (χ1) is 23.6. The van der Waals surface area contributed by atoms with Crippen molar-refractivity contribution in [3.63, 3.8) is 0 Å². The SMILES string of the molecule is CCCCCc1ccc(-c2cc3ccc(SCC(F)(F)C(F)(F)C(F)(F)COC(=O)C(C)(CC(C)(C)N)C(C)(C)N)cc3oc2=O)c(C(F)(F)F)c1. The Balaban J connectivity index is 1.82. The van der Waals surface area contributed by atoms with E-state index >= 15 is 0 Å². The van der Waals surface area contributed by atoms with E-state index in [0.29, 0.717) is 18.4 Å². The predicted octanol–water partition coefficient (Wildman–Crippen LogP) is 9.62. The second kappa shape index (κ2) is 15.2. The summed E-state index contributed by atoms with van der Waals surface area (Å²) in [6, 6.07) is 8.05. The molecule has 0 saturated heterocycles. The Kier molecular flexibility index (Phi) is 12.7. The molecule has 6 nitrogen and oxygen atoms in total. The van der Waals surface area contributed by atoms with Gasteiger partial charge in [-0.1, -0.05) is 38.0 Å². The molecule has 0 aliphatic rings. The minimum Gasteiger partial charge on any atom is -0.459 e. The van der Waals surface area contributed by atoms with E-state index in [2.05, 4.69) is 4.74 Å². The molecule has 0 amide bonds. The maximum atomic E-state index is 14.8. The predicted molar refractivity (Wildman–Crippen MR) is 182 cm³/mol. The molecular formula is C36H43F9N2O4S. The molecule has 0 aliphatic heterocycles. The van der Waals surface area contributed by atoms with Gasteiger partial charge >= 0.3 is 35.5 Å². The molecule has 3 rings (SSSR count). The average molecular weight is 771 g/mol. The molecule has 0 saturated carbocycles. The number of fused-ring (bicyclic) bond motifs is 1. The quantitative estimate of drug-likeness (QED) is 0.0491. The van der Waals surface area contributed by atoms with Crippen LogP contribution in [-0.4, -0.2) is 47.2 Å². The van der Waals surface area contributed by atoms with Crippen molar-refractivity contribution in [2.75, 3.05) is 12.4 Å². The minimum absolute atomic E-state index is 0.0331. The number of unbranched alkanes of at least 4 members (excludes halogenated alkanes) is 2. The van der Waals surface area contributed by atoms with Gasteiger partial charge in [0, 0.05) is 26.9 Å². The molecule has 52 heavy (non-hydrogen) atoms. The highest BCUT2D eigenvalue weighted by atomic mass is 32.2. The van der Waals surface area contributed by atoms with Crippen molar-refractivity contribution in [3.8, 4) is 11.1 Å². The number of aryl methyl sites for hydroxylation is 1. The first kappa shape index (κ1) is 43.2. The van der Waals surface area contributed by atoms with E-state index in [-0.39, 0.29) is 34.0 Å². The molecule has 1 unspecified atom stereocenters. The number of benzene rings is 2. The highest BCUT2D eigenvalue weighted by Gasteiger charge is 2.72. The number of nitrogens with two attached hydrogens (primary N) is 2. The van der Waals surface area contributed by atoms with Gasteiger partial charge in [-0.3, -0.25) is 4.79 Å². The smallest absolute Gasteiger partial charge is 0.417 e. The lowest BCUT2D eigenvalue weighted by molar-refractivity contribution is -0.310. The summed E-state index contributed by atoms with van der Waals surface area (Å²) in [6.45, 7) is 6.57. The van der Waals surface area contributed by atoms with Crippen molar-refractivity contribution in [2.24, 2.45) is 16.9 Å². The molecule has 290 valence electrons. The van der Waals surface area contributed by atoms with Crippen LogP contribution in [0.25, 0.3) is 22.1 Å². The van der Waals surface area contributed by atoms with Gasteiger partial charge in [-0.25, -0.2) is 4.79 Å². The maximum Gasteiger partial charge on any atom is 0.417 e. The van der Waals surface area contributed by atoms with Crippen LogP contribution in [-0.2, 0) is 22.1 Å². The zero-order valence-corrected chi connectivity index (χ0v) is 30.4. The van der Waals surface area contributed by atoms with E-state index in [1.54, 1.807) is 0 Å². The van der Waals surface area contributed by atoms with Gasteiger partial charge in [0.15, 0.2) is 6.61 Å². The third-order valence-corrected chi connectivity index (χ3v) is 9.96. The van der Waals surface area contributed by atoms with Crippen molar-refractivity contribution < 1.29 is 53.5 Å². The lowest BCUT2D eigenvalue weighted by atomic mass is 9.67. The van der Waals surface area contributed by atoms with E-state index < -0.39 is 81.1 Å². The van der Waals surface area contributed by atoms with Gasteiger partial charge in [0.05, 0.1) is 22.3 Å². The summed E-state index contributed by atoms with van der Waals surface area (Å²) in [5, 5.41) is 0.0789. The van der Waals surface area contributed by atoms with E-state index in [4.69, 9.17) is 15.9 Å². The summed E-state index contributed by atoms with van der Waals surface area (Å²) in [5.41, 5.74) is 4.80. The van der Waals surface area contributed by atoms with Crippen molar-refractivity contribution in [3.05, 3.63) is 64.0 Å². The molecule has 3 aromatic rings. The maximum absolute atomic E-state index is 14.8. The number of carbonyl (C=O) groups is 1. The fraction of sp³-hybridized carbons (Fsp3) is 0.556. The molecule has 1 aromatic heterocycles. The number of alkyl halides is 9. The van der Waals surface area contributed by atoms with Gasteiger partial charge in [0.1, 0.15) is 5.58 Å². The Hall–Kier alpha value is -3.24. The molecule has 16 heteroatoms. The third-order valence-electron chi connectivity index (χ3n) is 8.86. The van der Waals surface area contributed by atoms with Crippen LogP contribution in [0.4, 0.5) is 39.5 Å². The second-order valence-electron chi connectivity index (χ2n) is 14.5. The van der Waals surface area contributed by atoms with E-state index in [0.717, 1.165) is 37.1 Å². The Morgan fingerprint density at radius 1 is 0.827 bits per heavy atom. The summed E-state index contributed by atoms with van der Waals surface area (Å²) in [6.07, 6.45) is -2.26. The Labute approximate surface area is 299 Å². The van der Waals surface area contributed by atoms with Gasteiger partial charge in [-0.05, 0) is 83.7 Å². The van der Waals surface area contributed by atoms with Crippen LogP contribution in [0.3, 0.4) is 0 Å². The van der Waals surface area contributed by atoms with Crippen LogP contribution in [0.2, 0.25) is 0 Å². The van der Waals surface area contributed by atoms with Crippen LogP contribution in [0.15, 0.2) is 56.6 Å². The number of carbonyl (C=O) groups excluding carboxylic acids is 1. The van der Waals surface area contributed by atoms with E-state index in [1.807, 2.05) is 6.92 Å². The molecule has 1 heterocycles. The van der Waals surface area contributed by atoms with Crippen LogP contribution < -0.4 is 17.1 Å².